The SMILES string of the molecule is C=CCOc1ccccc1CNCC1(O)CCC(C)CC1. The molecule has 0 amide bonds. The van der Waals surface area contributed by atoms with Gasteiger partial charge in [-0.2, -0.15) is 0 Å². The maximum atomic E-state index is 10.6. The third kappa shape index (κ3) is 4.87. The summed E-state index contributed by atoms with van der Waals surface area (Å²) < 4.78 is 5.65. The van der Waals surface area contributed by atoms with Gasteiger partial charge in [0, 0.05) is 18.7 Å². The van der Waals surface area contributed by atoms with Crippen LogP contribution in [0.5, 0.6) is 5.75 Å². The Bertz CT molecular complexity index is 450. The third-order valence-electron chi connectivity index (χ3n) is 4.30. The molecule has 1 aliphatic carbocycles. The molecule has 0 unspecified atom stereocenters. The van der Waals surface area contributed by atoms with E-state index in [1.807, 2.05) is 18.2 Å². The number of benzene rings is 1. The standard InChI is InChI=1S/C18H27NO2/c1-3-12-21-17-7-5-4-6-16(17)13-19-14-18(20)10-8-15(2)9-11-18/h3-7,15,19-20H,1,8-14H2,2H3. The minimum atomic E-state index is -0.538. The second kappa shape index (κ2) is 7.62. The summed E-state index contributed by atoms with van der Waals surface area (Å²) in [7, 11) is 0. The van der Waals surface area contributed by atoms with Crippen molar-refractivity contribution in [3.63, 3.8) is 0 Å². The van der Waals surface area contributed by atoms with Crippen LogP contribution >= 0.6 is 0 Å². The quantitative estimate of drug-likeness (QED) is 0.757. The first-order valence-electron chi connectivity index (χ1n) is 7.88. The lowest BCUT2D eigenvalue weighted by Crippen LogP contribution is -2.43. The molecule has 1 aliphatic rings. The zero-order chi connectivity index (χ0) is 15.1. The minimum Gasteiger partial charge on any atom is -0.489 e. The molecule has 0 aromatic heterocycles. The highest BCUT2D eigenvalue weighted by atomic mass is 16.5. The van der Waals surface area contributed by atoms with Crippen LogP contribution < -0.4 is 10.1 Å². The Morgan fingerprint density at radius 2 is 2.10 bits per heavy atom. The summed E-state index contributed by atoms with van der Waals surface area (Å²) in [6.07, 6.45) is 5.79. The average molecular weight is 289 g/mol. The molecule has 0 spiro atoms. The van der Waals surface area contributed by atoms with Crippen LogP contribution in [0.4, 0.5) is 0 Å². The van der Waals surface area contributed by atoms with E-state index < -0.39 is 5.60 Å². The molecule has 3 heteroatoms. The predicted molar refractivity (Wildman–Crippen MR) is 86.4 cm³/mol. The molecular weight excluding hydrogens is 262 g/mol. The normalized spacial score (nSPS) is 25.5. The van der Waals surface area contributed by atoms with Gasteiger partial charge in [0.25, 0.3) is 0 Å². The lowest BCUT2D eigenvalue weighted by atomic mass is 9.79. The zero-order valence-electron chi connectivity index (χ0n) is 13.0. The second-order valence-electron chi connectivity index (χ2n) is 6.22. The molecule has 3 nitrogen and oxygen atoms in total. The first kappa shape index (κ1) is 16.1. The van der Waals surface area contributed by atoms with Crippen molar-refractivity contribution in [2.24, 2.45) is 5.92 Å². The van der Waals surface area contributed by atoms with Gasteiger partial charge in [-0.15, -0.1) is 0 Å². The number of hydrogen-bond acceptors (Lipinski definition) is 3. The summed E-state index contributed by atoms with van der Waals surface area (Å²) in [6.45, 7) is 7.81. The van der Waals surface area contributed by atoms with Crippen LogP contribution in [-0.4, -0.2) is 23.9 Å². The van der Waals surface area contributed by atoms with Crippen molar-refractivity contribution >= 4 is 0 Å². The molecular formula is C18H27NO2. The van der Waals surface area contributed by atoms with Gasteiger partial charge in [0.05, 0.1) is 5.60 Å². The van der Waals surface area contributed by atoms with Gasteiger partial charge in [-0.3, -0.25) is 0 Å². The third-order valence-corrected chi connectivity index (χ3v) is 4.30. The van der Waals surface area contributed by atoms with Gasteiger partial charge in [-0.1, -0.05) is 37.8 Å². The smallest absolute Gasteiger partial charge is 0.124 e. The Kier molecular flexibility index (Phi) is 5.83. The number of nitrogens with one attached hydrogen (secondary N) is 1. The van der Waals surface area contributed by atoms with Crippen molar-refractivity contribution < 1.29 is 9.84 Å². The van der Waals surface area contributed by atoms with E-state index in [-0.39, 0.29) is 0 Å². The Morgan fingerprint density at radius 3 is 2.81 bits per heavy atom. The van der Waals surface area contributed by atoms with Crippen molar-refractivity contribution in [3.8, 4) is 5.75 Å². The predicted octanol–water partition coefficient (Wildman–Crippen LogP) is 3.28. The van der Waals surface area contributed by atoms with Crippen molar-refractivity contribution in [1.29, 1.82) is 0 Å². The van der Waals surface area contributed by atoms with Gasteiger partial charge in [0.2, 0.25) is 0 Å². The van der Waals surface area contributed by atoms with E-state index in [2.05, 4.69) is 24.9 Å². The second-order valence-corrected chi connectivity index (χ2v) is 6.22. The summed E-state index contributed by atoms with van der Waals surface area (Å²) in [4.78, 5) is 0. The highest BCUT2D eigenvalue weighted by Gasteiger charge is 2.31. The Morgan fingerprint density at radius 1 is 1.38 bits per heavy atom. The summed E-state index contributed by atoms with van der Waals surface area (Å²) in [5, 5.41) is 14.0. The molecule has 2 N–H and O–H groups in total. The van der Waals surface area contributed by atoms with E-state index in [4.69, 9.17) is 4.74 Å². The molecule has 21 heavy (non-hydrogen) atoms. The van der Waals surface area contributed by atoms with Crippen LogP contribution in [0.1, 0.15) is 38.2 Å². The number of hydrogen-bond donors (Lipinski definition) is 2. The maximum absolute atomic E-state index is 10.6. The molecule has 0 heterocycles. The van der Waals surface area contributed by atoms with Crippen molar-refractivity contribution in [1.82, 2.24) is 5.32 Å². The summed E-state index contributed by atoms with van der Waals surface area (Å²) in [6, 6.07) is 8.00. The lowest BCUT2D eigenvalue weighted by Gasteiger charge is -2.35. The van der Waals surface area contributed by atoms with Crippen LogP contribution in [0.2, 0.25) is 0 Å². The molecule has 0 atom stereocenters. The molecule has 116 valence electrons. The van der Waals surface area contributed by atoms with Crippen LogP contribution in [0.15, 0.2) is 36.9 Å². The van der Waals surface area contributed by atoms with Crippen LogP contribution in [0, 0.1) is 5.92 Å². The molecule has 0 radical (unpaired) electrons. The average Bonchev–Trinajstić information content (AvgIpc) is 2.50. The first-order valence-corrected chi connectivity index (χ1v) is 7.88. The molecule has 2 rings (SSSR count). The van der Waals surface area contributed by atoms with Gasteiger partial charge >= 0.3 is 0 Å². The Hall–Kier alpha value is -1.32. The molecule has 0 saturated heterocycles. The van der Waals surface area contributed by atoms with E-state index >= 15 is 0 Å². The summed E-state index contributed by atoms with van der Waals surface area (Å²) in [5.74, 6) is 1.63. The van der Waals surface area contributed by atoms with Gasteiger partial charge in [0.15, 0.2) is 0 Å². The van der Waals surface area contributed by atoms with E-state index in [1.54, 1.807) is 6.08 Å². The summed E-state index contributed by atoms with van der Waals surface area (Å²) >= 11 is 0. The molecule has 0 bridgehead atoms. The fourth-order valence-electron chi connectivity index (χ4n) is 2.85. The van der Waals surface area contributed by atoms with Gasteiger partial charge in [0.1, 0.15) is 12.4 Å². The van der Waals surface area contributed by atoms with E-state index in [0.29, 0.717) is 19.7 Å². The van der Waals surface area contributed by atoms with Crippen molar-refractivity contribution in [3.05, 3.63) is 42.5 Å². The zero-order valence-corrected chi connectivity index (χ0v) is 13.0. The maximum Gasteiger partial charge on any atom is 0.124 e. The first-order chi connectivity index (χ1) is 10.1. The Labute approximate surface area is 128 Å². The van der Waals surface area contributed by atoms with Crippen molar-refractivity contribution in [2.75, 3.05) is 13.2 Å². The van der Waals surface area contributed by atoms with Gasteiger partial charge < -0.3 is 15.2 Å². The number of rotatable bonds is 7. The fraction of sp³-hybridized carbons (Fsp3) is 0.556. The molecule has 1 fully saturated rings. The monoisotopic (exact) mass is 289 g/mol. The van der Waals surface area contributed by atoms with Gasteiger partial charge in [-0.25, -0.2) is 0 Å². The molecule has 1 saturated carbocycles. The molecule has 0 aliphatic heterocycles. The van der Waals surface area contributed by atoms with Crippen molar-refractivity contribution in [2.45, 2.75) is 44.8 Å². The minimum absolute atomic E-state index is 0.513. The van der Waals surface area contributed by atoms with Gasteiger partial charge in [-0.05, 0) is 37.7 Å². The number of ether oxygens (including phenoxy) is 1. The van der Waals surface area contributed by atoms with E-state index in [1.165, 1.54) is 0 Å². The molecule has 1 aromatic rings. The summed E-state index contributed by atoms with van der Waals surface area (Å²) in [5.41, 5.74) is 0.579. The molecule has 1 aromatic carbocycles. The number of aliphatic hydroxyl groups is 1. The largest absolute Gasteiger partial charge is 0.489 e. The van der Waals surface area contributed by atoms with E-state index in [9.17, 15) is 5.11 Å². The fourth-order valence-corrected chi connectivity index (χ4v) is 2.85. The Balaban J connectivity index is 1.84. The van der Waals surface area contributed by atoms with Crippen LogP contribution in [0.3, 0.4) is 0 Å². The van der Waals surface area contributed by atoms with E-state index in [0.717, 1.165) is 42.9 Å². The van der Waals surface area contributed by atoms with Crippen LogP contribution in [-0.2, 0) is 6.54 Å². The lowest BCUT2D eigenvalue weighted by molar-refractivity contribution is -0.00633. The highest BCUT2D eigenvalue weighted by Crippen LogP contribution is 2.31. The highest BCUT2D eigenvalue weighted by molar-refractivity contribution is 5.33. The number of para-hydroxylation sites is 1. The topological polar surface area (TPSA) is 41.5 Å². The van der Waals surface area contributed by atoms with Crippen LogP contribution in [0.25, 0.3) is 0 Å².